The van der Waals surface area contributed by atoms with Crippen LogP contribution in [0.25, 0.3) is 0 Å². The van der Waals surface area contributed by atoms with Crippen LogP contribution in [0, 0.1) is 0 Å². The zero-order chi connectivity index (χ0) is 8.97. The predicted molar refractivity (Wildman–Crippen MR) is 41.8 cm³/mol. The van der Waals surface area contributed by atoms with E-state index in [1.165, 1.54) is 16.8 Å². The maximum atomic E-state index is 10.8. The molecule has 0 amide bonds. The molecule has 5 nitrogen and oxygen atoms in total. The molecule has 1 rings (SSSR count). The minimum absolute atomic E-state index is 0.245. The molecular weight excluding hydrogens is 160 g/mol. The third-order valence-corrected chi connectivity index (χ3v) is 1.28. The lowest BCUT2D eigenvalue weighted by Crippen LogP contribution is -2.15. The topological polar surface area (TPSA) is 75.1 Å². The summed E-state index contributed by atoms with van der Waals surface area (Å²) < 4.78 is 1.36. The summed E-state index contributed by atoms with van der Waals surface area (Å²) in [5.74, 6) is -1.02. The number of hydrogen-bond donors (Lipinski definition) is 2. The highest BCUT2D eigenvalue weighted by Gasteiger charge is 1.91. The molecule has 0 unspecified atom stereocenters. The van der Waals surface area contributed by atoms with Gasteiger partial charge in [0.15, 0.2) is 0 Å². The Morgan fingerprint density at radius 3 is 3.00 bits per heavy atom. The molecule has 0 fully saturated rings. The van der Waals surface area contributed by atoms with Gasteiger partial charge in [0.1, 0.15) is 0 Å². The number of nitrogens with one attached hydrogen (secondary N) is 1. The summed E-state index contributed by atoms with van der Waals surface area (Å²) in [6, 6.07) is 0. The Balaban J connectivity index is 2.60. The van der Waals surface area contributed by atoms with Gasteiger partial charge in [0.2, 0.25) is 0 Å². The van der Waals surface area contributed by atoms with E-state index in [2.05, 4.69) is 4.98 Å². The standard InChI is InChI=1S/C7H8N2O3/c10-6(11)2-1-4-9-5-3-8-7(9)12/h1-3,5H,4H2,(H,8,12)(H,10,11). The number of allylic oxidation sites excluding steroid dienone is 1. The molecule has 1 aromatic rings. The zero-order valence-electron chi connectivity index (χ0n) is 6.23. The van der Waals surface area contributed by atoms with Crippen LogP contribution in [0.1, 0.15) is 0 Å². The summed E-state index contributed by atoms with van der Waals surface area (Å²) in [5, 5.41) is 8.23. The number of carboxylic acids is 1. The number of hydrogen-bond acceptors (Lipinski definition) is 2. The Kier molecular flexibility index (Phi) is 2.47. The molecule has 0 atom stereocenters. The van der Waals surface area contributed by atoms with Gasteiger partial charge in [0.05, 0.1) is 0 Å². The van der Waals surface area contributed by atoms with Gasteiger partial charge in [-0.1, -0.05) is 6.08 Å². The van der Waals surface area contributed by atoms with Crippen molar-refractivity contribution in [2.24, 2.45) is 0 Å². The van der Waals surface area contributed by atoms with Gasteiger partial charge < -0.3 is 10.1 Å². The highest BCUT2D eigenvalue weighted by molar-refractivity contribution is 5.79. The van der Waals surface area contributed by atoms with Gasteiger partial charge in [0, 0.05) is 25.0 Å². The fraction of sp³-hybridized carbons (Fsp3) is 0.143. The van der Waals surface area contributed by atoms with Crippen LogP contribution in [0.3, 0.4) is 0 Å². The first kappa shape index (κ1) is 8.32. The molecule has 0 bridgehead atoms. The van der Waals surface area contributed by atoms with Gasteiger partial charge in [-0.05, 0) is 0 Å². The number of aliphatic carboxylic acids is 1. The zero-order valence-corrected chi connectivity index (χ0v) is 6.23. The third-order valence-electron chi connectivity index (χ3n) is 1.28. The maximum absolute atomic E-state index is 10.8. The minimum atomic E-state index is -1.02. The van der Waals surface area contributed by atoms with Crippen LogP contribution in [0.2, 0.25) is 0 Å². The van der Waals surface area contributed by atoms with Crippen LogP contribution in [0.4, 0.5) is 0 Å². The van der Waals surface area contributed by atoms with Crippen molar-refractivity contribution < 1.29 is 9.90 Å². The molecule has 0 aliphatic heterocycles. The minimum Gasteiger partial charge on any atom is -0.478 e. The van der Waals surface area contributed by atoms with Gasteiger partial charge in [-0.25, -0.2) is 9.59 Å². The van der Waals surface area contributed by atoms with Crippen molar-refractivity contribution in [2.45, 2.75) is 6.54 Å². The monoisotopic (exact) mass is 168 g/mol. The van der Waals surface area contributed by atoms with Crippen molar-refractivity contribution in [3.8, 4) is 0 Å². The summed E-state index contributed by atoms with van der Waals surface area (Å²) in [6.45, 7) is 0.272. The Labute approximate surface area is 68.0 Å². The molecule has 0 aliphatic rings. The van der Waals surface area contributed by atoms with E-state index in [1.807, 2.05) is 0 Å². The van der Waals surface area contributed by atoms with Gasteiger partial charge >= 0.3 is 11.7 Å². The Bertz CT molecular complexity index is 348. The van der Waals surface area contributed by atoms with Gasteiger partial charge in [-0.3, -0.25) is 4.57 Å². The van der Waals surface area contributed by atoms with E-state index >= 15 is 0 Å². The normalized spacial score (nSPS) is 10.7. The molecule has 0 aliphatic carbocycles. The Morgan fingerprint density at radius 2 is 2.50 bits per heavy atom. The van der Waals surface area contributed by atoms with E-state index in [1.54, 1.807) is 6.20 Å². The number of carbonyl (C=O) groups is 1. The molecule has 0 radical (unpaired) electrons. The molecule has 0 spiro atoms. The van der Waals surface area contributed by atoms with Crippen LogP contribution in [0.5, 0.6) is 0 Å². The van der Waals surface area contributed by atoms with Crippen molar-refractivity contribution in [1.82, 2.24) is 9.55 Å². The van der Waals surface area contributed by atoms with Crippen molar-refractivity contribution in [2.75, 3.05) is 0 Å². The van der Waals surface area contributed by atoms with Gasteiger partial charge in [0.25, 0.3) is 0 Å². The Hall–Kier alpha value is -1.78. The van der Waals surface area contributed by atoms with Crippen molar-refractivity contribution in [3.63, 3.8) is 0 Å². The number of imidazole rings is 1. The van der Waals surface area contributed by atoms with E-state index in [0.717, 1.165) is 6.08 Å². The van der Waals surface area contributed by atoms with Crippen LogP contribution in [0.15, 0.2) is 29.3 Å². The second kappa shape index (κ2) is 3.56. The first-order valence-electron chi connectivity index (χ1n) is 3.33. The average molecular weight is 168 g/mol. The summed E-state index contributed by atoms with van der Waals surface area (Å²) in [5.41, 5.74) is -0.245. The summed E-state index contributed by atoms with van der Waals surface area (Å²) in [7, 11) is 0. The van der Waals surface area contributed by atoms with E-state index in [0.29, 0.717) is 0 Å². The second-order valence-electron chi connectivity index (χ2n) is 2.16. The second-order valence-corrected chi connectivity index (χ2v) is 2.16. The van der Waals surface area contributed by atoms with Crippen molar-refractivity contribution in [3.05, 3.63) is 35.0 Å². The molecule has 0 saturated heterocycles. The quantitative estimate of drug-likeness (QED) is 0.614. The summed E-state index contributed by atoms with van der Waals surface area (Å²) >= 11 is 0. The lowest BCUT2D eigenvalue weighted by Gasteiger charge is -1.90. The molecule has 1 heterocycles. The SMILES string of the molecule is O=C(O)C=CCn1cc[nH]c1=O. The number of carboxylic acid groups (broad SMARTS) is 1. The van der Waals surface area contributed by atoms with Gasteiger partial charge in [-0.2, -0.15) is 0 Å². The summed E-state index contributed by atoms with van der Waals surface area (Å²) in [4.78, 5) is 23.3. The van der Waals surface area contributed by atoms with Crippen LogP contribution in [-0.4, -0.2) is 20.6 Å². The fourth-order valence-electron chi connectivity index (χ4n) is 0.760. The third kappa shape index (κ3) is 2.12. The highest BCUT2D eigenvalue weighted by atomic mass is 16.4. The number of nitrogens with zero attached hydrogens (tertiary/aromatic N) is 1. The molecule has 12 heavy (non-hydrogen) atoms. The maximum Gasteiger partial charge on any atom is 0.328 e. The average Bonchev–Trinajstić information content (AvgIpc) is 2.36. The smallest absolute Gasteiger partial charge is 0.328 e. The van der Waals surface area contributed by atoms with Crippen LogP contribution in [-0.2, 0) is 11.3 Å². The van der Waals surface area contributed by atoms with E-state index < -0.39 is 5.97 Å². The molecule has 64 valence electrons. The number of rotatable bonds is 3. The van der Waals surface area contributed by atoms with Crippen molar-refractivity contribution >= 4 is 5.97 Å². The largest absolute Gasteiger partial charge is 0.478 e. The van der Waals surface area contributed by atoms with E-state index in [4.69, 9.17) is 5.11 Å². The highest BCUT2D eigenvalue weighted by Crippen LogP contribution is 1.81. The van der Waals surface area contributed by atoms with E-state index in [-0.39, 0.29) is 12.2 Å². The molecule has 0 aromatic carbocycles. The lowest BCUT2D eigenvalue weighted by molar-refractivity contribution is -0.131. The molecular formula is C7H8N2O3. The number of H-pyrrole nitrogens is 1. The lowest BCUT2D eigenvalue weighted by atomic mass is 10.5. The molecule has 5 heteroatoms. The van der Waals surface area contributed by atoms with Crippen LogP contribution >= 0.6 is 0 Å². The Morgan fingerprint density at radius 1 is 1.75 bits per heavy atom. The van der Waals surface area contributed by atoms with Crippen molar-refractivity contribution in [1.29, 1.82) is 0 Å². The predicted octanol–water partition coefficient (Wildman–Crippen LogP) is -0.183. The molecule has 0 saturated carbocycles. The number of aromatic nitrogens is 2. The molecule has 1 aromatic heterocycles. The first-order chi connectivity index (χ1) is 5.70. The summed E-state index contributed by atoms with van der Waals surface area (Å²) in [6.07, 6.45) is 5.45. The number of aromatic amines is 1. The fourth-order valence-corrected chi connectivity index (χ4v) is 0.760. The first-order valence-corrected chi connectivity index (χ1v) is 3.33. The van der Waals surface area contributed by atoms with Crippen LogP contribution < -0.4 is 5.69 Å². The molecule has 2 N–H and O–H groups in total. The van der Waals surface area contributed by atoms with E-state index in [9.17, 15) is 9.59 Å². The van der Waals surface area contributed by atoms with Gasteiger partial charge in [-0.15, -0.1) is 0 Å².